The highest BCUT2D eigenvalue weighted by molar-refractivity contribution is 5.27. The molecule has 0 radical (unpaired) electrons. The Hall–Kier alpha value is -0.870. The average molecular weight is 251 g/mol. The molecule has 4 nitrogen and oxygen atoms in total. The molecule has 2 rings (SSSR count). The van der Waals surface area contributed by atoms with Crippen LogP contribution in [0, 0.1) is 0 Å². The maximum atomic E-state index is 5.72. The Kier molecular flexibility index (Phi) is 4.78. The molecule has 2 heterocycles. The highest BCUT2D eigenvalue weighted by Gasteiger charge is 2.20. The molecule has 0 aromatic carbocycles. The first-order valence-electron chi connectivity index (χ1n) is 7.19. The molecule has 0 bridgehead atoms. The van der Waals surface area contributed by atoms with E-state index in [-0.39, 0.29) is 0 Å². The van der Waals surface area contributed by atoms with E-state index >= 15 is 0 Å². The van der Waals surface area contributed by atoms with Crippen molar-refractivity contribution < 1.29 is 4.74 Å². The number of hydrogen-bond acceptors (Lipinski definition) is 3. The molecule has 0 aliphatic carbocycles. The van der Waals surface area contributed by atoms with E-state index in [2.05, 4.69) is 18.5 Å². The molecule has 1 aromatic rings. The van der Waals surface area contributed by atoms with Crippen LogP contribution in [0.15, 0.2) is 0 Å². The van der Waals surface area contributed by atoms with Crippen LogP contribution in [-0.4, -0.2) is 29.0 Å². The van der Waals surface area contributed by atoms with E-state index in [0.717, 1.165) is 38.8 Å². The van der Waals surface area contributed by atoms with Crippen LogP contribution in [0.25, 0.3) is 0 Å². The Morgan fingerprint density at radius 2 is 2.22 bits per heavy atom. The molecule has 102 valence electrons. The van der Waals surface area contributed by atoms with Gasteiger partial charge in [-0.15, -0.1) is 0 Å². The zero-order valence-corrected chi connectivity index (χ0v) is 11.6. The van der Waals surface area contributed by atoms with E-state index in [1.54, 1.807) is 0 Å². The van der Waals surface area contributed by atoms with E-state index in [1.807, 2.05) is 0 Å². The quantitative estimate of drug-likeness (QED) is 0.837. The van der Waals surface area contributed by atoms with Gasteiger partial charge in [-0.25, -0.2) is 0 Å². The summed E-state index contributed by atoms with van der Waals surface area (Å²) in [5.74, 6) is 0. The van der Waals surface area contributed by atoms with Gasteiger partial charge in [0.2, 0.25) is 0 Å². The third kappa shape index (κ3) is 2.75. The van der Waals surface area contributed by atoms with Gasteiger partial charge in [0.25, 0.3) is 0 Å². The van der Waals surface area contributed by atoms with Gasteiger partial charge in [0.15, 0.2) is 0 Å². The number of aryl methyl sites for hydroxylation is 1. The molecule has 1 atom stereocenters. The Morgan fingerprint density at radius 3 is 2.78 bits per heavy atom. The van der Waals surface area contributed by atoms with Crippen LogP contribution < -0.4 is 5.73 Å². The molecule has 1 aromatic heterocycles. The monoisotopic (exact) mass is 251 g/mol. The van der Waals surface area contributed by atoms with Crippen LogP contribution in [-0.2, 0) is 30.5 Å². The lowest BCUT2D eigenvalue weighted by molar-refractivity contribution is 0.0931. The topological polar surface area (TPSA) is 53.1 Å². The van der Waals surface area contributed by atoms with Crippen molar-refractivity contribution in [2.75, 3.05) is 13.2 Å². The van der Waals surface area contributed by atoms with Gasteiger partial charge in [-0.1, -0.05) is 13.8 Å². The fourth-order valence-electron chi connectivity index (χ4n) is 2.83. The summed E-state index contributed by atoms with van der Waals surface area (Å²) < 4.78 is 7.88. The van der Waals surface area contributed by atoms with Gasteiger partial charge in [0.1, 0.15) is 0 Å². The smallest absolute Gasteiger partial charge is 0.0771 e. The minimum absolute atomic E-state index is 0.352. The highest BCUT2D eigenvalue weighted by Crippen LogP contribution is 2.20. The maximum absolute atomic E-state index is 5.72. The fourth-order valence-corrected chi connectivity index (χ4v) is 2.83. The van der Waals surface area contributed by atoms with Crippen LogP contribution in [0.5, 0.6) is 0 Å². The van der Waals surface area contributed by atoms with Crippen molar-refractivity contribution in [2.45, 2.75) is 58.6 Å². The molecule has 1 aliphatic rings. The zero-order valence-electron chi connectivity index (χ0n) is 11.6. The lowest BCUT2D eigenvalue weighted by Crippen LogP contribution is -2.18. The predicted octanol–water partition coefficient (Wildman–Crippen LogP) is 1.69. The van der Waals surface area contributed by atoms with Gasteiger partial charge >= 0.3 is 0 Å². The summed E-state index contributed by atoms with van der Waals surface area (Å²) in [5.41, 5.74) is 9.67. The van der Waals surface area contributed by atoms with Crippen LogP contribution in [0.1, 0.15) is 43.6 Å². The van der Waals surface area contributed by atoms with E-state index in [4.69, 9.17) is 15.6 Å². The molecular weight excluding hydrogens is 226 g/mol. The number of nitrogens with zero attached hydrogens (tertiary/aromatic N) is 2. The largest absolute Gasteiger partial charge is 0.376 e. The molecule has 1 aliphatic heterocycles. The van der Waals surface area contributed by atoms with Crippen LogP contribution in [0.3, 0.4) is 0 Å². The van der Waals surface area contributed by atoms with Gasteiger partial charge in [-0.05, 0) is 44.2 Å². The van der Waals surface area contributed by atoms with Crippen molar-refractivity contribution in [3.8, 4) is 0 Å². The summed E-state index contributed by atoms with van der Waals surface area (Å²) in [6.45, 7) is 6.87. The summed E-state index contributed by atoms with van der Waals surface area (Å²) in [6, 6.07) is 0. The molecule has 1 fully saturated rings. The molecule has 18 heavy (non-hydrogen) atoms. The van der Waals surface area contributed by atoms with Crippen molar-refractivity contribution in [2.24, 2.45) is 5.73 Å². The Morgan fingerprint density at radius 1 is 1.39 bits per heavy atom. The first-order valence-corrected chi connectivity index (χ1v) is 7.19. The molecule has 4 heteroatoms. The lowest BCUT2D eigenvalue weighted by atomic mass is 10.1. The van der Waals surface area contributed by atoms with Gasteiger partial charge < -0.3 is 10.5 Å². The Balaban J connectivity index is 2.22. The lowest BCUT2D eigenvalue weighted by Gasteiger charge is -2.12. The molecule has 0 spiro atoms. The van der Waals surface area contributed by atoms with Gasteiger partial charge in [-0.2, -0.15) is 5.10 Å². The van der Waals surface area contributed by atoms with E-state index < -0.39 is 0 Å². The number of nitrogens with two attached hydrogens (primary N) is 1. The molecule has 2 N–H and O–H groups in total. The van der Waals surface area contributed by atoms with Gasteiger partial charge in [0.05, 0.1) is 18.3 Å². The maximum Gasteiger partial charge on any atom is 0.0771 e. The molecule has 1 unspecified atom stereocenters. The summed E-state index contributed by atoms with van der Waals surface area (Å²) >= 11 is 0. The SMILES string of the molecule is CCc1nn(CC2CCCO2)c(CC)c1CCN. The summed E-state index contributed by atoms with van der Waals surface area (Å²) in [6.07, 6.45) is 5.65. The molecule has 0 amide bonds. The van der Waals surface area contributed by atoms with Crippen molar-refractivity contribution in [1.29, 1.82) is 0 Å². The van der Waals surface area contributed by atoms with Crippen molar-refractivity contribution in [3.63, 3.8) is 0 Å². The van der Waals surface area contributed by atoms with E-state index in [9.17, 15) is 0 Å². The predicted molar refractivity (Wildman–Crippen MR) is 72.7 cm³/mol. The normalized spacial score (nSPS) is 19.6. The number of aromatic nitrogens is 2. The Labute approximate surface area is 110 Å². The number of rotatable bonds is 6. The van der Waals surface area contributed by atoms with Gasteiger partial charge in [0, 0.05) is 12.3 Å². The van der Waals surface area contributed by atoms with Crippen LogP contribution >= 0.6 is 0 Å². The van der Waals surface area contributed by atoms with Crippen molar-refractivity contribution >= 4 is 0 Å². The Bertz CT molecular complexity index is 381. The minimum atomic E-state index is 0.352. The first-order chi connectivity index (χ1) is 8.80. The van der Waals surface area contributed by atoms with E-state index in [1.165, 1.54) is 23.4 Å². The van der Waals surface area contributed by atoms with Crippen LogP contribution in [0.2, 0.25) is 0 Å². The second-order valence-corrected chi connectivity index (χ2v) is 4.93. The second-order valence-electron chi connectivity index (χ2n) is 4.93. The standard InChI is InChI=1S/C14H25N3O/c1-3-13-12(7-8-15)14(4-2)17(16-13)10-11-6-5-9-18-11/h11H,3-10,15H2,1-2H3. The third-order valence-electron chi connectivity index (χ3n) is 3.71. The fraction of sp³-hybridized carbons (Fsp3) is 0.786. The van der Waals surface area contributed by atoms with Crippen LogP contribution in [0.4, 0.5) is 0 Å². The third-order valence-corrected chi connectivity index (χ3v) is 3.71. The van der Waals surface area contributed by atoms with E-state index in [0.29, 0.717) is 12.6 Å². The minimum Gasteiger partial charge on any atom is -0.376 e. The van der Waals surface area contributed by atoms with Gasteiger partial charge in [-0.3, -0.25) is 4.68 Å². The van der Waals surface area contributed by atoms with Crippen molar-refractivity contribution in [1.82, 2.24) is 9.78 Å². The number of hydrogen-bond donors (Lipinski definition) is 1. The summed E-state index contributed by atoms with van der Waals surface area (Å²) in [4.78, 5) is 0. The highest BCUT2D eigenvalue weighted by atomic mass is 16.5. The second kappa shape index (κ2) is 6.34. The summed E-state index contributed by atoms with van der Waals surface area (Å²) in [5, 5.41) is 4.76. The average Bonchev–Trinajstić information content (AvgIpc) is 2.98. The first kappa shape index (κ1) is 13.6. The molecular formula is C14H25N3O. The zero-order chi connectivity index (χ0) is 13.0. The molecule has 1 saturated heterocycles. The number of ether oxygens (including phenoxy) is 1. The van der Waals surface area contributed by atoms with Crippen molar-refractivity contribution in [3.05, 3.63) is 17.0 Å². The summed E-state index contributed by atoms with van der Waals surface area (Å²) in [7, 11) is 0. The molecule has 0 saturated carbocycles.